The van der Waals surface area contributed by atoms with Crippen molar-refractivity contribution in [2.45, 2.75) is 146 Å². The Labute approximate surface area is 308 Å². The lowest BCUT2D eigenvalue weighted by atomic mass is 9.33. The van der Waals surface area contributed by atoms with Gasteiger partial charge in [0.25, 0.3) is 0 Å². The van der Waals surface area contributed by atoms with Crippen molar-refractivity contribution in [1.29, 1.82) is 0 Å². The van der Waals surface area contributed by atoms with Gasteiger partial charge >= 0.3 is 11.9 Å². The summed E-state index contributed by atoms with van der Waals surface area (Å²) in [6, 6.07) is 0. The molecule has 4 saturated carbocycles. The number of carbonyl (C=O) groups excluding carboxylic acids is 2. The summed E-state index contributed by atoms with van der Waals surface area (Å²) in [5, 5.41) is 21.9. The van der Waals surface area contributed by atoms with Gasteiger partial charge in [-0.25, -0.2) is 0 Å². The third kappa shape index (κ3) is 5.99. The van der Waals surface area contributed by atoms with Gasteiger partial charge in [0, 0.05) is 50.0 Å². The smallest absolute Gasteiger partial charge is 0.309 e. The summed E-state index contributed by atoms with van der Waals surface area (Å²) in [6.45, 7) is 27.8. The summed E-state index contributed by atoms with van der Waals surface area (Å²) in [5.74, 6) is 0.237. The van der Waals surface area contributed by atoms with E-state index in [-0.39, 0.29) is 45.9 Å². The van der Waals surface area contributed by atoms with Crippen molar-refractivity contribution in [3.05, 3.63) is 11.1 Å². The molecule has 0 aromatic heterocycles. The Morgan fingerprint density at radius 2 is 1.53 bits per heavy atom. The van der Waals surface area contributed by atoms with Crippen LogP contribution < -0.4 is 0 Å². The second kappa shape index (κ2) is 13.2. The molecule has 51 heavy (non-hydrogen) atoms. The van der Waals surface area contributed by atoms with Crippen LogP contribution in [0.3, 0.4) is 0 Å². The second-order valence-corrected chi connectivity index (χ2v) is 20.3. The first kappa shape index (κ1) is 38.9. The van der Waals surface area contributed by atoms with Gasteiger partial charge in [-0.3, -0.25) is 19.3 Å². The molecule has 0 aromatic carbocycles. The first-order chi connectivity index (χ1) is 23.7. The van der Waals surface area contributed by atoms with Crippen molar-refractivity contribution < 1.29 is 29.3 Å². The maximum absolute atomic E-state index is 14.1. The number of aliphatic hydroxyl groups excluding tert-OH is 1. The Morgan fingerprint density at radius 3 is 2.14 bits per heavy atom. The Kier molecular flexibility index (Phi) is 10.1. The molecule has 9 atom stereocenters. The zero-order valence-electron chi connectivity index (χ0n) is 33.7. The van der Waals surface area contributed by atoms with Crippen molar-refractivity contribution in [2.24, 2.45) is 56.2 Å². The van der Waals surface area contributed by atoms with Crippen molar-refractivity contribution in [2.75, 3.05) is 39.3 Å². The monoisotopic (exact) mass is 711 g/mol. The van der Waals surface area contributed by atoms with Gasteiger partial charge < -0.3 is 19.8 Å². The highest BCUT2D eigenvalue weighted by Crippen LogP contribution is 2.77. The molecule has 0 aromatic rings. The van der Waals surface area contributed by atoms with Gasteiger partial charge in [-0.15, -0.1) is 0 Å². The highest BCUT2D eigenvalue weighted by molar-refractivity contribution is 6.00. The Hall–Kier alpha value is -1.77. The SMILES string of the molecule is CCN1CCN(C[C@@H](O)C23CC[C@]4(C)[C@H](CC[C@@H]5[C@@]6(C)CC[C@H](OC(=O)CC(C)(C)C(=O)O)C(C)(C)[C@@H]6CC[C@]54C)C2=C(C(C)C)C(=O)C3)CC1. The summed E-state index contributed by atoms with van der Waals surface area (Å²) in [7, 11) is 0. The predicted molar refractivity (Wildman–Crippen MR) is 200 cm³/mol. The zero-order chi connectivity index (χ0) is 37.5. The van der Waals surface area contributed by atoms with E-state index >= 15 is 0 Å². The van der Waals surface area contributed by atoms with Crippen molar-refractivity contribution >= 4 is 17.7 Å². The molecule has 5 aliphatic carbocycles. The van der Waals surface area contributed by atoms with Gasteiger partial charge in [0.15, 0.2) is 5.78 Å². The molecule has 5 fully saturated rings. The van der Waals surface area contributed by atoms with Gasteiger partial charge in [0.1, 0.15) is 6.10 Å². The Balaban J connectivity index is 1.27. The molecule has 0 radical (unpaired) electrons. The molecule has 6 rings (SSSR count). The van der Waals surface area contributed by atoms with E-state index < -0.39 is 28.9 Å². The van der Waals surface area contributed by atoms with E-state index in [4.69, 9.17) is 4.74 Å². The van der Waals surface area contributed by atoms with Gasteiger partial charge in [-0.05, 0) is 117 Å². The molecular weight excluding hydrogens is 640 g/mol. The quantitative estimate of drug-likeness (QED) is 0.239. The minimum absolute atomic E-state index is 0.0236. The first-order valence-electron chi connectivity index (χ1n) is 20.5. The van der Waals surface area contributed by atoms with E-state index in [1.165, 1.54) is 5.57 Å². The van der Waals surface area contributed by atoms with Gasteiger partial charge in [0.2, 0.25) is 0 Å². The third-order valence-electron chi connectivity index (χ3n) is 16.8. The number of aliphatic hydroxyl groups is 1. The average Bonchev–Trinajstić information content (AvgIpc) is 3.36. The number of esters is 1. The number of β-amino-alcohol motifs (C(OH)–C–C–N with tert-alkyl or cyclic N) is 1. The summed E-state index contributed by atoms with van der Waals surface area (Å²) < 4.78 is 6.17. The van der Waals surface area contributed by atoms with Crippen LogP contribution in [0.2, 0.25) is 0 Å². The summed E-state index contributed by atoms with van der Waals surface area (Å²) >= 11 is 0. The standard InChI is InChI=1S/C43H70N2O6/c1-11-44-20-22-45(23-21-44)26-32(47)43-19-18-41(9)28(36(43)35(27(2)3)29(46)24-43)12-13-31-40(8)16-15-33(51-34(48)25-38(4,5)37(49)50)39(6,7)30(40)14-17-42(31,41)10/h27-28,30-33,47H,11-26H2,1-10H3,(H,49,50)/t28-,30+,31-,32-,33+,40+,41-,42-,43?/m1/s1. The Morgan fingerprint density at radius 1 is 0.882 bits per heavy atom. The molecule has 2 N–H and O–H groups in total. The molecule has 1 heterocycles. The van der Waals surface area contributed by atoms with Crippen LogP contribution >= 0.6 is 0 Å². The number of Topliss-reactive ketones (excluding diaryl/α,β-unsaturated/α-hetero) is 1. The molecule has 1 unspecified atom stereocenters. The van der Waals surface area contributed by atoms with Crippen LogP contribution in [0, 0.1) is 56.2 Å². The zero-order valence-corrected chi connectivity index (χ0v) is 33.7. The topological polar surface area (TPSA) is 107 Å². The van der Waals surface area contributed by atoms with Crippen LogP contribution in [0.4, 0.5) is 0 Å². The molecular formula is C43H70N2O6. The van der Waals surface area contributed by atoms with E-state index in [2.05, 4.69) is 65.2 Å². The maximum atomic E-state index is 14.1. The fourth-order valence-electron chi connectivity index (χ4n) is 13.6. The van der Waals surface area contributed by atoms with Crippen LogP contribution in [-0.4, -0.2) is 89.2 Å². The minimum Gasteiger partial charge on any atom is -0.481 e. The number of allylic oxidation sites excluding steroid dienone is 1. The average molecular weight is 711 g/mol. The number of likely N-dealkylation sites (N-methyl/N-ethyl adjacent to an activating group) is 1. The number of ether oxygens (including phenoxy) is 1. The molecule has 8 nitrogen and oxygen atoms in total. The lowest BCUT2D eigenvalue weighted by Gasteiger charge is -2.72. The van der Waals surface area contributed by atoms with Crippen molar-refractivity contribution in [3.8, 4) is 0 Å². The van der Waals surface area contributed by atoms with Crippen LogP contribution in [0.25, 0.3) is 0 Å². The number of carboxylic acid groups (broad SMARTS) is 1. The number of aliphatic carboxylic acids is 1. The summed E-state index contributed by atoms with van der Waals surface area (Å²) in [4.78, 5) is 43.8. The number of nitrogens with zero attached hydrogens (tertiary/aromatic N) is 2. The number of rotatable bonds is 9. The van der Waals surface area contributed by atoms with Gasteiger partial charge in [-0.2, -0.15) is 0 Å². The molecule has 1 aliphatic heterocycles. The lowest BCUT2D eigenvalue weighted by molar-refractivity contribution is -0.235. The normalized spacial score (nSPS) is 40.7. The fraction of sp³-hybridized carbons (Fsp3) is 0.884. The maximum Gasteiger partial charge on any atom is 0.309 e. The number of carboxylic acids is 1. The van der Waals surface area contributed by atoms with Crippen molar-refractivity contribution in [3.63, 3.8) is 0 Å². The van der Waals surface area contributed by atoms with E-state index in [0.29, 0.717) is 30.7 Å². The molecule has 288 valence electrons. The largest absolute Gasteiger partial charge is 0.481 e. The lowest BCUT2D eigenvalue weighted by Crippen LogP contribution is -2.66. The number of fused-ring (bicyclic) bond motifs is 7. The second-order valence-electron chi connectivity index (χ2n) is 20.3. The van der Waals surface area contributed by atoms with E-state index in [9.17, 15) is 24.6 Å². The number of hydrogen-bond donors (Lipinski definition) is 2. The molecule has 0 bridgehead atoms. The number of piperazine rings is 1. The molecule has 8 heteroatoms. The van der Waals surface area contributed by atoms with Crippen LogP contribution in [-0.2, 0) is 19.1 Å². The predicted octanol–water partition coefficient (Wildman–Crippen LogP) is 7.38. The van der Waals surface area contributed by atoms with Crippen LogP contribution in [0.1, 0.15) is 133 Å². The van der Waals surface area contributed by atoms with E-state index in [1.54, 1.807) is 13.8 Å². The number of ketones is 1. The van der Waals surface area contributed by atoms with E-state index in [0.717, 1.165) is 89.7 Å². The minimum atomic E-state index is -1.16. The first-order valence-corrected chi connectivity index (χ1v) is 20.5. The van der Waals surface area contributed by atoms with Crippen LogP contribution in [0.5, 0.6) is 0 Å². The highest BCUT2D eigenvalue weighted by Gasteiger charge is 2.71. The number of hydrogen-bond acceptors (Lipinski definition) is 7. The summed E-state index contributed by atoms with van der Waals surface area (Å²) in [6.07, 6.45) is 7.64. The summed E-state index contributed by atoms with van der Waals surface area (Å²) in [5.41, 5.74) is 0.749. The third-order valence-corrected chi connectivity index (χ3v) is 16.8. The molecule has 0 spiro atoms. The van der Waals surface area contributed by atoms with Crippen LogP contribution in [0.15, 0.2) is 11.1 Å². The fourth-order valence-corrected chi connectivity index (χ4v) is 13.6. The van der Waals surface area contributed by atoms with Gasteiger partial charge in [0.05, 0.1) is 17.9 Å². The number of carbonyl (C=O) groups is 3. The Bertz CT molecular complexity index is 1430. The highest BCUT2D eigenvalue weighted by atomic mass is 16.5. The molecule has 6 aliphatic rings. The molecule has 0 amide bonds. The van der Waals surface area contributed by atoms with Crippen molar-refractivity contribution in [1.82, 2.24) is 9.80 Å². The van der Waals surface area contributed by atoms with Gasteiger partial charge in [-0.1, -0.05) is 61.0 Å². The molecule has 1 saturated heterocycles. The van der Waals surface area contributed by atoms with E-state index in [1.807, 2.05) is 0 Å².